The van der Waals surface area contributed by atoms with Crippen LogP contribution in [0.5, 0.6) is 0 Å². The number of amides is 3. The fraction of sp³-hybridized carbons (Fsp3) is 0.625. The van der Waals surface area contributed by atoms with E-state index in [2.05, 4.69) is 10.2 Å². The van der Waals surface area contributed by atoms with Gasteiger partial charge in [0.15, 0.2) is 0 Å². The first-order valence-electron chi connectivity index (χ1n) is 4.51. The van der Waals surface area contributed by atoms with Crippen molar-refractivity contribution in [2.75, 3.05) is 0 Å². The summed E-state index contributed by atoms with van der Waals surface area (Å²) in [5.74, 6) is -0.915. The van der Waals surface area contributed by atoms with E-state index >= 15 is 0 Å². The van der Waals surface area contributed by atoms with Crippen molar-refractivity contribution in [3.8, 4) is 0 Å². The Morgan fingerprint density at radius 2 is 1.86 bits per heavy atom. The quantitative estimate of drug-likeness (QED) is 0.630. The lowest BCUT2D eigenvalue weighted by Gasteiger charge is -2.12. The third-order valence-corrected chi connectivity index (χ3v) is 2.08. The number of imide groups is 1. The van der Waals surface area contributed by atoms with Gasteiger partial charge in [-0.2, -0.15) is 0 Å². The van der Waals surface area contributed by atoms with E-state index in [1.807, 2.05) is 0 Å². The third kappa shape index (κ3) is 1.84. The Kier molecular flexibility index (Phi) is 2.11. The number of nitrogens with one attached hydrogen (secondary N) is 1. The lowest BCUT2D eigenvalue weighted by atomic mass is 10.4. The molecule has 0 atom stereocenters. The van der Waals surface area contributed by atoms with Gasteiger partial charge < -0.3 is 10.2 Å². The molecule has 0 radical (unpaired) electrons. The van der Waals surface area contributed by atoms with Crippen LogP contribution in [0.2, 0.25) is 0 Å². The van der Waals surface area contributed by atoms with E-state index in [0.717, 1.165) is 12.8 Å². The zero-order chi connectivity index (χ0) is 10.1. The predicted molar refractivity (Wildman–Crippen MR) is 43.7 cm³/mol. The zero-order valence-corrected chi connectivity index (χ0v) is 7.49. The first-order chi connectivity index (χ1) is 6.66. The molecule has 2 aliphatic rings. The van der Waals surface area contributed by atoms with Gasteiger partial charge in [0, 0.05) is 18.9 Å². The van der Waals surface area contributed by atoms with Crippen molar-refractivity contribution in [2.24, 2.45) is 0 Å². The van der Waals surface area contributed by atoms with Crippen LogP contribution < -0.4 is 5.32 Å². The van der Waals surface area contributed by atoms with Crippen LogP contribution >= 0.6 is 0 Å². The maximum absolute atomic E-state index is 11.1. The van der Waals surface area contributed by atoms with Crippen LogP contribution in [0.15, 0.2) is 0 Å². The molecule has 1 saturated carbocycles. The van der Waals surface area contributed by atoms with Crippen molar-refractivity contribution in [2.45, 2.75) is 31.7 Å². The summed E-state index contributed by atoms with van der Waals surface area (Å²) in [5.41, 5.74) is 0. The van der Waals surface area contributed by atoms with Gasteiger partial charge in [-0.3, -0.25) is 9.59 Å². The van der Waals surface area contributed by atoms with E-state index in [1.165, 1.54) is 0 Å². The largest absolute Gasteiger partial charge is 0.432 e. The Labute approximate surface area is 80.1 Å². The van der Waals surface area contributed by atoms with Crippen LogP contribution in [0.1, 0.15) is 25.7 Å². The highest BCUT2D eigenvalue weighted by Crippen LogP contribution is 2.19. The van der Waals surface area contributed by atoms with E-state index in [-0.39, 0.29) is 18.9 Å². The van der Waals surface area contributed by atoms with E-state index in [1.54, 1.807) is 0 Å². The summed E-state index contributed by atoms with van der Waals surface area (Å²) in [6.45, 7) is 0. The van der Waals surface area contributed by atoms with Gasteiger partial charge in [0.05, 0.1) is 0 Å². The molecule has 0 bridgehead atoms. The molecule has 0 aromatic rings. The summed E-state index contributed by atoms with van der Waals surface area (Å²) < 4.78 is 0. The van der Waals surface area contributed by atoms with Gasteiger partial charge in [-0.1, -0.05) is 0 Å². The monoisotopic (exact) mass is 198 g/mol. The smallest absolute Gasteiger partial charge is 0.317 e. The Morgan fingerprint density at radius 1 is 1.29 bits per heavy atom. The summed E-state index contributed by atoms with van der Waals surface area (Å²) >= 11 is 0. The molecular weight excluding hydrogens is 188 g/mol. The molecule has 0 aromatic heterocycles. The molecule has 1 N–H and O–H groups in total. The highest BCUT2D eigenvalue weighted by molar-refractivity contribution is 6.01. The molecule has 0 spiro atoms. The number of rotatable bonds is 2. The van der Waals surface area contributed by atoms with Gasteiger partial charge in [-0.25, -0.2) is 4.79 Å². The molecule has 6 heteroatoms. The fourth-order valence-electron chi connectivity index (χ4n) is 1.16. The molecule has 76 valence electrons. The number of carbonyl (C=O) groups excluding carboxylic acids is 3. The molecule has 1 aliphatic heterocycles. The Morgan fingerprint density at radius 3 is 2.36 bits per heavy atom. The molecule has 0 unspecified atom stereocenters. The SMILES string of the molecule is O=C(NC1CC1)ON1C(=O)CCC1=O. The van der Waals surface area contributed by atoms with Crippen molar-refractivity contribution in [3.05, 3.63) is 0 Å². The first-order valence-corrected chi connectivity index (χ1v) is 4.51. The highest BCUT2D eigenvalue weighted by Gasteiger charge is 2.34. The normalized spacial score (nSPS) is 21.3. The molecule has 2 fully saturated rings. The summed E-state index contributed by atoms with van der Waals surface area (Å²) in [7, 11) is 0. The molecule has 2 rings (SSSR count). The predicted octanol–water partition coefficient (Wildman–Crippen LogP) is -0.0610. The van der Waals surface area contributed by atoms with Gasteiger partial charge in [0.1, 0.15) is 0 Å². The number of hydrogen-bond acceptors (Lipinski definition) is 4. The number of carbonyl (C=O) groups is 3. The summed E-state index contributed by atoms with van der Waals surface area (Å²) in [6.07, 6.45) is 1.37. The van der Waals surface area contributed by atoms with Crippen LogP contribution in [-0.4, -0.2) is 29.0 Å². The maximum Gasteiger partial charge on any atom is 0.432 e. The second kappa shape index (κ2) is 3.28. The minimum atomic E-state index is -0.726. The Bertz CT molecular complexity index is 282. The molecule has 0 aromatic carbocycles. The molecule has 1 aliphatic carbocycles. The summed E-state index contributed by atoms with van der Waals surface area (Å²) in [6, 6.07) is 0.148. The lowest BCUT2D eigenvalue weighted by molar-refractivity contribution is -0.171. The standard InChI is InChI=1S/C8H10N2O4/c11-6-3-4-7(12)10(6)14-8(13)9-5-1-2-5/h5H,1-4H2,(H,9,13). The Balaban J connectivity index is 1.85. The van der Waals surface area contributed by atoms with Gasteiger partial charge in [0.25, 0.3) is 11.8 Å². The fourth-order valence-corrected chi connectivity index (χ4v) is 1.16. The van der Waals surface area contributed by atoms with Gasteiger partial charge >= 0.3 is 6.09 Å². The minimum Gasteiger partial charge on any atom is -0.317 e. The van der Waals surface area contributed by atoms with Crippen LogP contribution in [0.3, 0.4) is 0 Å². The van der Waals surface area contributed by atoms with Crippen molar-refractivity contribution < 1.29 is 19.2 Å². The zero-order valence-electron chi connectivity index (χ0n) is 7.49. The van der Waals surface area contributed by atoms with Crippen LogP contribution in [0, 0.1) is 0 Å². The molecular formula is C8H10N2O4. The van der Waals surface area contributed by atoms with Gasteiger partial charge in [-0.05, 0) is 12.8 Å². The molecule has 6 nitrogen and oxygen atoms in total. The Hall–Kier alpha value is -1.59. The van der Waals surface area contributed by atoms with Crippen LogP contribution in [-0.2, 0) is 14.4 Å². The van der Waals surface area contributed by atoms with E-state index in [9.17, 15) is 14.4 Å². The number of hydroxylamine groups is 2. The van der Waals surface area contributed by atoms with Crippen molar-refractivity contribution in [3.63, 3.8) is 0 Å². The van der Waals surface area contributed by atoms with Gasteiger partial charge in [0.2, 0.25) is 0 Å². The summed E-state index contributed by atoms with van der Waals surface area (Å²) in [4.78, 5) is 37.7. The average Bonchev–Trinajstić information content (AvgIpc) is 2.88. The second-order valence-electron chi connectivity index (χ2n) is 3.38. The maximum atomic E-state index is 11.1. The third-order valence-electron chi connectivity index (χ3n) is 2.08. The van der Waals surface area contributed by atoms with Gasteiger partial charge in [-0.15, -0.1) is 5.06 Å². The number of hydrogen-bond donors (Lipinski definition) is 1. The van der Waals surface area contributed by atoms with E-state index < -0.39 is 17.9 Å². The van der Waals surface area contributed by atoms with E-state index in [4.69, 9.17) is 0 Å². The average molecular weight is 198 g/mol. The topological polar surface area (TPSA) is 75.7 Å². The highest BCUT2D eigenvalue weighted by atomic mass is 16.7. The first kappa shape index (κ1) is 8.98. The van der Waals surface area contributed by atoms with Crippen LogP contribution in [0.25, 0.3) is 0 Å². The van der Waals surface area contributed by atoms with Crippen molar-refractivity contribution in [1.82, 2.24) is 10.4 Å². The number of nitrogens with zero attached hydrogens (tertiary/aromatic N) is 1. The van der Waals surface area contributed by atoms with E-state index in [0.29, 0.717) is 5.06 Å². The molecule has 1 saturated heterocycles. The summed E-state index contributed by atoms with van der Waals surface area (Å²) in [5, 5.41) is 3.05. The minimum absolute atomic E-state index is 0.121. The molecule has 14 heavy (non-hydrogen) atoms. The molecule has 1 heterocycles. The van der Waals surface area contributed by atoms with Crippen molar-refractivity contribution >= 4 is 17.9 Å². The molecule has 3 amide bonds. The second-order valence-corrected chi connectivity index (χ2v) is 3.38. The lowest BCUT2D eigenvalue weighted by Crippen LogP contribution is -2.37. The van der Waals surface area contributed by atoms with Crippen molar-refractivity contribution in [1.29, 1.82) is 0 Å². The van der Waals surface area contributed by atoms with Crippen LogP contribution in [0.4, 0.5) is 4.79 Å².